The Hall–Kier alpha value is -3.75. The first-order valence-electron chi connectivity index (χ1n) is 20.7. The predicted octanol–water partition coefficient (Wildman–Crippen LogP) is 7.93. The Kier molecular flexibility index (Phi) is 18.3. The van der Waals surface area contributed by atoms with Crippen molar-refractivity contribution in [3.8, 4) is 0 Å². The fraction of sp³-hybridized carbons (Fsp3) is 0.568. The van der Waals surface area contributed by atoms with E-state index < -0.39 is 31.4 Å². The minimum absolute atomic E-state index is 0.237. The average molecular weight is 776 g/mol. The van der Waals surface area contributed by atoms with E-state index in [1.54, 1.807) is 12.1 Å². The maximum atomic E-state index is 12.8. The minimum atomic E-state index is -0.985. The van der Waals surface area contributed by atoms with Crippen LogP contribution in [0.3, 0.4) is 0 Å². The molecule has 1 aliphatic heterocycles. The molecule has 1 heterocycles. The quantitative estimate of drug-likeness (QED) is 0.0339. The van der Waals surface area contributed by atoms with Crippen LogP contribution in [-0.4, -0.2) is 53.8 Å². The van der Waals surface area contributed by atoms with Crippen molar-refractivity contribution in [1.29, 1.82) is 0 Å². The molecule has 4 rings (SSSR count). The lowest BCUT2D eigenvalue weighted by Crippen LogP contribution is -2.73. The molecule has 3 aromatic rings. The van der Waals surface area contributed by atoms with E-state index in [4.69, 9.17) is 9.47 Å². The second kappa shape index (κ2) is 22.9. The van der Waals surface area contributed by atoms with Gasteiger partial charge in [0.05, 0.1) is 18.8 Å². The van der Waals surface area contributed by atoms with E-state index >= 15 is 0 Å². The Bertz CT molecular complexity index is 1550. The summed E-state index contributed by atoms with van der Waals surface area (Å²) in [7, 11) is 0. The maximum absolute atomic E-state index is 12.8. The highest BCUT2D eigenvalue weighted by Crippen LogP contribution is 2.23. The molecule has 1 aliphatic rings. The highest BCUT2D eigenvalue weighted by Gasteiger charge is 2.27. The third-order valence-electron chi connectivity index (χ3n) is 10.1. The molecule has 0 spiro atoms. The number of unbranched alkanes of at least 4 members (excludes halogenated alkanes) is 2. The number of aliphatic hydroxyl groups is 2. The zero-order chi connectivity index (χ0) is 40.5. The van der Waals surface area contributed by atoms with E-state index in [0.29, 0.717) is 36.2 Å². The van der Waals surface area contributed by atoms with Crippen molar-refractivity contribution in [3.63, 3.8) is 0 Å². The number of esters is 1. The van der Waals surface area contributed by atoms with Crippen molar-refractivity contribution in [1.82, 2.24) is 21.3 Å². The molecule has 0 amide bonds. The molecule has 0 radical (unpaired) electrons. The van der Waals surface area contributed by atoms with Crippen LogP contribution in [0.25, 0.3) is 0 Å². The van der Waals surface area contributed by atoms with Crippen LogP contribution >= 0.6 is 0 Å². The van der Waals surface area contributed by atoms with Gasteiger partial charge in [-0.05, 0) is 99.5 Å². The van der Waals surface area contributed by atoms with Gasteiger partial charge in [-0.25, -0.2) is 4.79 Å². The van der Waals surface area contributed by atoms with Crippen LogP contribution in [0.2, 0.25) is 0 Å². The molecule has 7 atom stereocenters. The highest BCUT2D eigenvalue weighted by molar-refractivity contribution is 5.89. The van der Waals surface area contributed by atoms with Crippen LogP contribution in [0.1, 0.15) is 134 Å². The van der Waals surface area contributed by atoms with E-state index in [1.165, 1.54) is 0 Å². The first-order valence-corrected chi connectivity index (χ1v) is 20.7. The predicted molar refractivity (Wildman–Crippen MR) is 227 cm³/mol. The zero-order valence-electron chi connectivity index (χ0n) is 34.7. The SMILES string of the molecule is CCCCC(CC)COC(=O)c1ccc(NC2NC(Nc3ccc(C(O)NC(C)(C)C)cc3)NC(Nc3ccc(C(O)OCC(CC)CCCC)cc3)N2)cc1. The van der Waals surface area contributed by atoms with Crippen LogP contribution in [0.4, 0.5) is 17.1 Å². The van der Waals surface area contributed by atoms with E-state index in [1.807, 2.05) is 81.4 Å². The number of anilines is 3. The smallest absolute Gasteiger partial charge is 0.338 e. The molecule has 9 N–H and O–H groups in total. The number of hydrogen-bond acceptors (Lipinski definition) is 12. The normalized spacial score (nSPS) is 19.4. The van der Waals surface area contributed by atoms with Crippen LogP contribution in [0.5, 0.6) is 0 Å². The van der Waals surface area contributed by atoms with Crippen molar-refractivity contribution in [2.24, 2.45) is 11.8 Å². The summed E-state index contributed by atoms with van der Waals surface area (Å²) in [4.78, 5) is 12.8. The average Bonchev–Trinajstić information content (AvgIpc) is 3.18. The minimum Gasteiger partial charge on any atom is -0.462 e. The summed E-state index contributed by atoms with van der Waals surface area (Å²) in [5, 5.41) is 45.6. The van der Waals surface area contributed by atoms with Gasteiger partial charge < -0.3 is 35.6 Å². The molecule has 56 heavy (non-hydrogen) atoms. The van der Waals surface area contributed by atoms with Gasteiger partial charge in [-0.3, -0.25) is 21.3 Å². The standard InChI is InChI=1S/C44H69N7O5/c1-8-12-14-30(10-3)28-55-39(53)33-18-24-36(25-19-33)46-42-48-41(45-35-22-16-32(17-23-35)38(52)51-44(5,6)7)49-43(50-42)47-37-26-20-34(21-27-37)40(54)56-29-31(11-4)15-13-9-2/h16-27,30-31,38-39,41-43,45-53H,8-15,28-29H2,1-7H3. The lowest BCUT2D eigenvalue weighted by molar-refractivity contribution is -0.114. The Morgan fingerprint density at radius 3 is 1.52 bits per heavy atom. The lowest BCUT2D eigenvalue weighted by atomic mass is 10.0. The molecule has 7 unspecified atom stereocenters. The molecule has 0 bridgehead atoms. The summed E-state index contributed by atoms with van der Waals surface area (Å²) in [5.74, 6) is 0.509. The van der Waals surface area contributed by atoms with Crippen LogP contribution in [-0.2, 0) is 9.47 Å². The zero-order valence-corrected chi connectivity index (χ0v) is 34.7. The van der Waals surface area contributed by atoms with Gasteiger partial charge in [0.15, 0.2) is 6.29 Å². The van der Waals surface area contributed by atoms with Gasteiger partial charge in [0.1, 0.15) is 25.1 Å². The Labute approximate surface area is 335 Å². The highest BCUT2D eigenvalue weighted by atomic mass is 16.6. The molecule has 310 valence electrons. The number of ether oxygens (including phenoxy) is 2. The van der Waals surface area contributed by atoms with Crippen molar-refractivity contribution in [2.75, 3.05) is 29.2 Å². The molecular formula is C44H69N7O5. The summed E-state index contributed by atoms with van der Waals surface area (Å²) in [6, 6.07) is 22.5. The maximum Gasteiger partial charge on any atom is 0.338 e. The molecule has 12 heteroatoms. The summed E-state index contributed by atoms with van der Waals surface area (Å²) < 4.78 is 11.5. The summed E-state index contributed by atoms with van der Waals surface area (Å²) >= 11 is 0. The fourth-order valence-corrected chi connectivity index (χ4v) is 6.49. The second-order valence-electron chi connectivity index (χ2n) is 16.0. The van der Waals surface area contributed by atoms with Gasteiger partial charge in [0.25, 0.3) is 0 Å². The van der Waals surface area contributed by atoms with Crippen molar-refractivity contribution in [2.45, 2.75) is 137 Å². The number of carbonyl (C=O) groups is 1. The molecule has 0 saturated carbocycles. The summed E-state index contributed by atoms with van der Waals surface area (Å²) in [6.45, 7) is 15.7. The monoisotopic (exact) mass is 776 g/mol. The van der Waals surface area contributed by atoms with Crippen molar-refractivity contribution < 1.29 is 24.5 Å². The second-order valence-corrected chi connectivity index (χ2v) is 16.0. The van der Waals surface area contributed by atoms with Crippen LogP contribution in [0.15, 0.2) is 72.8 Å². The number of benzene rings is 3. The molecule has 12 nitrogen and oxygen atoms in total. The first kappa shape index (κ1) is 45.0. The van der Waals surface area contributed by atoms with Gasteiger partial charge in [-0.1, -0.05) is 90.5 Å². The molecule has 0 aliphatic carbocycles. The Morgan fingerprint density at radius 1 is 0.661 bits per heavy atom. The van der Waals surface area contributed by atoms with E-state index in [9.17, 15) is 15.0 Å². The number of rotatable bonds is 23. The van der Waals surface area contributed by atoms with Gasteiger partial charge >= 0.3 is 5.97 Å². The largest absolute Gasteiger partial charge is 0.462 e. The molecule has 1 saturated heterocycles. The first-order chi connectivity index (χ1) is 26.9. The lowest BCUT2D eigenvalue weighted by Gasteiger charge is -2.40. The van der Waals surface area contributed by atoms with Crippen LogP contribution < -0.4 is 37.2 Å². The van der Waals surface area contributed by atoms with Crippen molar-refractivity contribution in [3.05, 3.63) is 89.5 Å². The topological polar surface area (TPSA) is 160 Å². The molecule has 3 aromatic carbocycles. The third kappa shape index (κ3) is 15.3. The van der Waals surface area contributed by atoms with E-state index in [-0.39, 0.29) is 11.5 Å². The molecule has 0 aromatic heterocycles. The third-order valence-corrected chi connectivity index (χ3v) is 10.1. The fourth-order valence-electron chi connectivity index (χ4n) is 6.49. The van der Waals surface area contributed by atoms with Crippen LogP contribution in [0, 0.1) is 11.8 Å². The van der Waals surface area contributed by atoms with Crippen molar-refractivity contribution >= 4 is 23.0 Å². The Balaban J connectivity index is 1.41. The number of aliphatic hydroxyl groups excluding tert-OH is 2. The molecule has 1 fully saturated rings. The van der Waals surface area contributed by atoms with Gasteiger partial charge in [0.2, 0.25) is 0 Å². The van der Waals surface area contributed by atoms with E-state index in [0.717, 1.165) is 74.0 Å². The number of hydrogen-bond donors (Lipinski definition) is 9. The molecular weight excluding hydrogens is 707 g/mol. The van der Waals surface area contributed by atoms with E-state index in [2.05, 4.69) is 64.9 Å². The van der Waals surface area contributed by atoms with Gasteiger partial charge in [-0.15, -0.1) is 0 Å². The number of carbonyl (C=O) groups excluding carboxylic acids is 1. The van der Waals surface area contributed by atoms with Gasteiger partial charge in [0, 0.05) is 28.2 Å². The van der Waals surface area contributed by atoms with Gasteiger partial charge in [-0.2, -0.15) is 0 Å². The summed E-state index contributed by atoms with van der Waals surface area (Å²) in [6.07, 6.45) is 5.81. The summed E-state index contributed by atoms with van der Waals surface area (Å²) in [5.41, 5.74) is 4.24. The Morgan fingerprint density at radius 2 is 1.09 bits per heavy atom. The number of nitrogens with one attached hydrogen (secondary N) is 7.